The van der Waals surface area contributed by atoms with Crippen molar-refractivity contribution in [1.82, 2.24) is 10.6 Å². The van der Waals surface area contributed by atoms with Gasteiger partial charge in [-0.3, -0.25) is 4.79 Å². The normalized spacial score (nSPS) is 17.8. The maximum atomic E-state index is 12.0. The van der Waals surface area contributed by atoms with Crippen molar-refractivity contribution in [3.8, 4) is 0 Å². The first-order chi connectivity index (χ1) is 10.7. The summed E-state index contributed by atoms with van der Waals surface area (Å²) in [5.74, 6) is 0.486. The Balaban J connectivity index is 1.60. The van der Waals surface area contributed by atoms with Gasteiger partial charge in [-0.05, 0) is 36.9 Å². The number of nitrogens with one attached hydrogen (secondary N) is 2. The summed E-state index contributed by atoms with van der Waals surface area (Å²) in [5, 5.41) is 9.25. The molecule has 0 radical (unpaired) electrons. The van der Waals surface area contributed by atoms with Crippen LogP contribution in [0.3, 0.4) is 0 Å². The Bertz CT molecular complexity index is 666. The molecule has 116 valence electrons. The number of benzene rings is 2. The molecule has 1 saturated heterocycles. The molecule has 1 amide bonds. The number of rotatable bonds is 5. The average Bonchev–Trinajstić information content (AvgIpc) is 3.04. The standard InChI is InChI=1S/C17H19ClN2OS/c18-14-7-1-4-12-5-2-8-15(17(12)14)22-11-16(21)20-10-13-6-3-9-19-13/h1-2,4-5,7-8,13,19H,3,6,9-11H2,(H,20,21). The zero-order valence-electron chi connectivity index (χ0n) is 12.3. The van der Waals surface area contributed by atoms with E-state index in [1.54, 1.807) is 0 Å². The predicted molar refractivity (Wildman–Crippen MR) is 93.7 cm³/mol. The predicted octanol–water partition coefficient (Wildman–Crippen LogP) is 3.45. The first-order valence-electron chi connectivity index (χ1n) is 7.54. The molecule has 3 nitrogen and oxygen atoms in total. The lowest BCUT2D eigenvalue weighted by Crippen LogP contribution is -2.37. The van der Waals surface area contributed by atoms with Crippen LogP contribution in [0, 0.1) is 0 Å². The third-order valence-electron chi connectivity index (χ3n) is 3.88. The Morgan fingerprint density at radius 1 is 1.32 bits per heavy atom. The lowest BCUT2D eigenvalue weighted by Gasteiger charge is -2.12. The summed E-state index contributed by atoms with van der Waals surface area (Å²) in [6, 6.07) is 12.4. The van der Waals surface area contributed by atoms with Crippen LogP contribution < -0.4 is 10.6 Å². The monoisotopic (exact) mass is 334 g/mol. The number of hydrogen-bond donors (Lipinski definition) is 2. The van der Waals surface area contributed by atoms with Gasteiger partial charge in [0, 0.05) is 27.9 Å². The molecule has 0 aliphatic carbocycles. The van der Waals surface area contributed by atoms with E-state index in [4.69, 9.17) is 11.6 Å². The Hall–Kier alpha value is -1.23. The number of carbonyl (C=O) groups is 1. The second kappa shape index (κ2) is 7.36. The highest BCUT2D eigenvalue weighted by molar-refractivity contribution is 8.00. The van der Waals surface area contributed by atoms with E-state index in [-0.39, 0.29) is 5.91 Å². The van der Waals surface area contributed by atoms with Crippen LogP contribution in [0.4, 0.5) is 0 Å². The van der Waals surface area contributed by atoms with E-state index in [1.165, 1.54) is 18.2 Å². The zero-order valence-corrected chi connectivity index (χ0v) is 13.8. The summed E-state index contributed by atoms with van der Waals surface area (Å²) in [4.78, 5) is 13.1. The molecule has 0 aromatic heterocycles. The van der Waals surface area contributed by atoms with Crippen LogP contribution in [0.15, 0.2) is 41.3 Å². The minimum Gasteiger partial charge on any atom is -0.354 e. The van der Waals surface area contributed by atoms with Gasteiger partial charge in [-0.25, -0.2) is 0 Å². The van der Waals surface area contributed by atoms with Gasteiger partial charge in [0.1, 0.15) is 0 Å². The van der Waals surface area contributed by atoms with Crippen molar-refractivity contribution < 1.29 is 4.79 Å². The van der Waals surface area contributed by atoms with Crippen LogP contribution in [-0.2, 0) is 4.79 Å². The topological polar surface area (TPSA) is 41.1 Å². The van der Waals surface area contributed by atoms with Gasteiger partial charge in [0.15, 0.2) is 0 Å². The van der Waals surface area contributed by atoms with Gasteiger partial charge in [0.2, 0.25) is 5.91 Å². The molecule has 1 aliphatic rings. The maximum absolute atomic E-state index is 12.0. The average molecular weight is 335 g/mol. The SMILES string of the molecule is O=C(CSc1cccc2cccc(Cl)c12)NCC1CCCN1. The van der Waals surface area contributed by atoms with Crippen LogP contribution in [0.1, 0.15) is 12.8 Å². The Kier molecular flexibility index (Phi) is 5.24. The van der Waals surface area contributed by atoms with Gasteiger partial charge in [-0.1, -0.05) is 35.9 Å². The molecular weight excluding hydrogens is 316 g/mol. The molecule has 0 saturated carbocycles. The minimum absolute atomic E-state index is 0.0720. The number of halogens is 1. The lowest BCUT2D eigenvalue weighted by atomic mass is 10.1. The highest BCUT2D eigenvalue weighted by Crippen LogP contribution is 2.32. The van der Waals surface area contributed by atoms with Gasteiger partial charge in [-0.2, -0.15) is 0 Å². The second-order valence-electron chi connectivity index (χ2n) is 5.48. The molecular formula is C17H19ClN2OS. The van der Waals surface area contributed by atoms with Crippen molar-refractivity contribution in [2.24, 2.45) is 0 Å². The van der Waals surface area contributed by atoms with E-state index >= 15 is 0 Å². The molecule has 1 heterocycles. The fraction of sp³-hybridized carbons (Fsp3) is 0.353. The lowest BCUT2D eigenvalue weighted by molar-refractivity contribution is -0.118. The minimum atomic E-state index is 0.0720. The van der Waals surface area contributed by atoms with Crippen LogP contribution in [-0.4, -0.2) is 30.8 Å². The summed E-state index contributed by atoms with van der Waals surface area (Å²) in [5.41, 5.74) is 0. The summed E-state index contributed by atoms with van der Waals surface area (Å²) >= 11 is 7.84. The number of hydrogen-bond acceptors (Lipinski definition) is 3. The second-order valence-corrected chi connectivity index (χ2v) is 6.90. The molecule has 2 N–H and O–H groups in total. The molecule has 3 rings (SSSR count). The van der Waals surface area contributed by atoms with Crippen LogP contribution in [0.25, 0.3) is 10.8 Å². The number of thioether (sulfide) groups is 1. The zero-order chi connectivity index (χ0) is 15.4. The molecule has 1 fully saturated rings. The van der Waals surface area contributed by atoms with Crippen molar-refractivity contribution in [3.63, 3.8) is 0 Å². The Morgan fingerprint density at radius 2 is 2.14 bits per heavy atom. The highest BCUT2D eigenvalue weighted by Gasteiger charge is 2.15. The van der Waals surface area contributed by atoms with Gasteiger partial charge < -0.3 is 10.6 Å². The fourth-order valence-electron chi connectivity index (χ4n) is 2.74. The van der Waals surface area contributed by atoms with E-state index < -0.39 is 0 Å². The van der Waals surface area contributed by atoms with Crippen LogP contribution in [0.2, 0.25) is 5.02 Å². The summed E-state index contributed by atoms with van der Waals surface area (Å²) in [7, 11) is 0. The Morgan fingerprint density at radius 3 is 2.91 bits per heavy atom. The highest BCUT2D eigenvalue weighted by atomic mass is 35.5. The smallest absolute Gasteiger partial charge is 0.230 e. The fourth-order valence-corrected chi connectivity index (χ4v) is 4.02. The van der Waals surface area contributed by atoms with Gasteiger partial charge in [-0.15, -0.1) is 11.8 Å². The molecule has 0 bridgehead atoms. The van der Waals surface area contributed by atoms with Gasteiger partial charge >= 0.3 is 0 Å². The van der Waals surface area contributed by atoms with Gasteiger partial charge in [0.25, 0.3) is 0 Å². The van der Waals surface area contributed by atoms with E-state index in [9.17, 15) is 4.79 Å². The summed E-state index contributed by atoms with van der Waals surface area (Å²) in [6.07, 6.45) is 2.34. The van der Waals surface area contributed by atoms with Crippen LogP contribution in [0.5, 0.6) is 0 Å². The van der Waals surface area contributed by atoms with Crippen molar-refractivity contribution in [3.05, 3.63) is 41.4 Å². The van der Waals surface area contributed by atoms with Gasteiger partial charge in [0.05, 0.1) is 5.75 Å². The maximum Gasteiger partial charge on any atom is 0.230 e. The van der Waals surface area contributed by atoms with Crippen molar-refractivity contribution in [1.29, 1.82) is 0 Å². The molecule has 22 heavy (non-hydrogen) atoms. The van der Waals surface area contributed by atoms with Crippen molar-refractivity contribution in [2.45, 2.75) is 23.8 Å². The number of carbonyl (C=O) groups excluding carboxylic acids is 1. The summed E-state index contributed by atoms with van der Waals surface area (Å²) in [6.45, 7) is 1.78. The molecule has 5 heteroatoms. The van der Waals surface area contributed by atoms with E-state index in [0.29, 0.717) is 11.8 Å². The Labute approximate surface area is 139 Å². The molecule has 1 aliphatic heterocycles. The first-order valence-corrected chi connectivity index (χ1v) is 8.90. The van der Waals surface area contributed by atoms with Crippen molar-refractivity contribution in [2.75, 3.05) is 18.8 Å². The first kappa shape index (κ1) is 15.7. The molecule has 2 aromatic carbocycles. The van der Waals surface area contributed by atoms with Crippen LogP contribution >= 0.6 is 23.4 Å². The third-order valence-corrected chi connectivity index (χ3v) is 5.26. The molecule has 1 atom stereocenters. The molecule has 0 spiro atoms. The third kappa shape index (κ3) is 3.75. The largest absolute Gasteiger partial charge is 0.354 e. The number of amides is 1. The summed E-state index contributed by atoms with van der Waals surface area (Å²) < 4.78 is 0. The molecule has 2 aromatic rings. The van der Waals surface area contributed by atoms with E-state index in [2.05, 4.69) is 10.6 Å². The quantitative estimate of drug-likeness (QED) is 0.823. The number of fused-ring (bicyclic) bond motifs is 1. The van der Waals surface area contributed by atoms with Crippen molar-refractivity contribution >= 4 is 40.0 Å². The molecule has 1 unspecified atom stereocenters. The van der Waals surface area contributed by atoms with E-state index in [1.807, 2.05) is 36.4 Å². The van der Waals surface area contributed by atoms with E-state index in [0.717, 1.165) is 40.2 Å².